The molecule has 2 rings (SSSR count). The third-order valence-electron chi connectivity index (χ3n) is 2.71. The fourth-order valence-electron chi connectivity index (χ4n) is 1.75. The molecule has 3 nitrogen and oxygen atoms in total. The van der Waals surface area contributed by atoms with E-state index in [9.17, 15) is 0 Å². The second-order valence-electron chi connectivity index (χ2n) is 4.03. The summed E-state index contributed by atoms with van der Waals surface area (Å²) in [4.78, 5) is 0. The number of aromatic nitrogens is 2. The molecule has 0 saturated heterocycles. The first kappa shape index (κ1) is 14.9. The van der Waals surface area contributed by atoms with E-state index in [1.807, 2.05) is 23.7 Å². The highest BCUT2D eigenvalue weighted by Gasteiger charge is 2.13. The normalized spacial score (nSPS) is 10.8. The standard InChI is InChI=1S/C13H13Br2ClN2O/c1-3-18-11(13(15)8(2)17-18)7-19-12-5-4-9(16)6-10(12)14/h4-6H,3,7H2,1-2H3. The van der Waals surface area contributed by atoms with Gasteiger partial charge in [0.2, 0.25) is 0 Å². The van der Waals surface area contributed by atoms with Crippen LogP contribution >= 0.6 is 43.5 Å². The van der Waals surface area contributed by atoms with Crippen LogP contribution in [0.15, 0.2) is 27.1 Å². The van der Waals surface area contributed by atoms with Crippen molar-refractivity contribution in [2.75, 3.05) is 0 Å². The first-order valence-corrected chi connectivity index (χ1v) is 7.79. The van der Waals surface area contributed by atoms with E-state index < -0.39 is 0 Å². The van der Waals surface area contributed by atoms with Gasteiger partial charge in [-0.15, -0.1) is 0 Å². The van der Waals surface area contributed by atoms with Crippen molar-refractivity contribution in [1.29, 1.82) is 0 Å². The van der Waals surface area contributed by atoms with Crippen molar-refractivity contribution in [1.82, 2.24) is 9.78 Å². The lowest BCUT2D eigenvalue weighted by atomic mass is 10.3. The van der Waals surface area contributed by atoms with Crippen molar-refractivity contribution in [2.45, 2.75) is 27.0 Å². The van der Waals surface area contributed by atoms with Gasteiger partial charge in [0, 0.05) is 11.6 Å². The van der Waals surface area contributed by atoms with Gasteiger partial charge in [0.25, 0.3) is 0 Å². The lowest BCUT2D eigenvalue weighted by Gasteiger charge is -2.10. The average molecular weight is 409 g/mol. The summed E-state index contributed by atoms with van der Waals surface area (Å²) in [6, 6.07) is 5.47. The van der Waals surface area contributed by atoms with E-state index in [1.165, 1.54) is 0 Å². The summed E-state index contributed by atoms with van der Waals surface area (Å²) >= 11 is 12.9. The van der Waals surface area contributed by atoms with E-state index in [0.717, 1.165) is 32.6 Å². The molecule has 1 aromatic heterocycles. The minimum atomic E-state index is 0.454. The molecule has 0 radical (unpaired) electrons. The maximum Gasteiger partial charge on any atom is 0.134 e. The molecule has 6 heteroatoms. The van der Waals surface area contributed by atoms with Crippen LogP contribution in [0, 0.1) is 6.92 Å². The van der Waals surface area contributed by atoms with Gasteiger partial charge in [-0.05, 0) is 63.9 Å². The zero-order chi connectivity index (χ0) is 14.0. The molecule has 19 heavy (non-hydrogen) atoms. The molecule has 0 aliphatic rings. The zero-order valence-corrected chi connectivity index (χ0v) is 14.5. The highest BCUT2D eigenvalue weighted by atomic mass is 79.9. The number of halogens is 3. The molecule has 0 spiro atoms. The molecule has 0 amide bonds. The molecule has 0 unspecified atom stereocenters. The summed E-state index contributed by atoms with van der Waals surface area (Å²) in [5.41, 5.74) is 2.00. The topological polar surface area (TPSA) is 27.1 Å². The van der Waals surface area contributed by atoms with Crippen LogP contribution in [0.2, 0.25) is 5.02 Å². The van der Waals surface area contributed by atoms with Crippen LogP contribution in [-0.2, 0) is 13.2 Å². The van der Waals surface area contributed by atoms with Crippen molar-refractivity contribution in [3.05, 3.63) is 43.6 Å². The van der Waals surface area contributed by atoms with Gasteiger partial charge < -0.3 is 4.74 Å². The van der Waals surface area contributed by atoms with Crippen LogP contribution in [0.4, 0.5) is 0 Å². The monoisotopic (exact) mass is 406 g/mol. The molecule has 0 saturated carbocycles. The fourth-order valence-corrected chi connectivity index (χ4v) is 2.94. The summed E-state index contributed by atoms with van der Waals surface area (Å²) in [5, 5.41) is 5.11. The Bertz CT molecular complexity index is 599. The molecular formula is C13H13Br2ClN2O. The van der Waals surface area contributed by atoms with Gasteiger partial charge in [0.05, 0.1) is 20.3 Å². The first-order valence-electron chi connectivity index (χ1n) is 5.82. The number of rotatable bonds is 4. The summed E-state index contributed by atoms with van der Waals surface area (Å²) in [6.07, 6.45) is 0. The predicted molar refractivity (Wildman–Crippen MR) is 83.8 cm³/mol. The Hall–Kier alpha value is -0.520. The molecule has 1 aromatic carbocycles. The smallest absolute Gasteiger partial charge is 0.134 e. The van der Waals surface area contributed by atoms with Crippen LogP contribution in [0.25, 0.3) is 0 Å². The van der Waals surface area contributed by atoms with Crippen molar-refractivity contribution >= 4 is 43.5 Å². The van der Waals surface area contributed by atoms with Gasteiger partial charge in [0.1, 0.15) is 12.4 Å². The Morgan fingerprint density at radius 2 is 2.11 bits per heavy atom. The number of hydrogen-bond acceptors (Lipinski definition) is 2. The van der Waals surface area contributed by atoms with Gasteiger partial charge >= 0.3 is 0 Å². The lowest BCUT2D eigenvalue weighted by molar-refractivity contribution is 0.290. The maximum atomic E-state index is 5.90. The van der Waals surface area contributed by atoms with Gasteiger partial charge in [-0.3, -0.25) is 4.68 Å². The summed E-state index contributed by atoms with van der Waals surface area (Å²) < 4.78 is 9.59. The molecule has 2 aromatic rings. The predicted octanol–water partition coefficient (Wildman–Crippen LogP) is 4.97. The Labute approximate surface area is 134 Å². The molecule has 0 N–H and O–H groups in total. The van der Waals surface area contributed by atoms with E-state index in [0.29, 0.717) is 11.6 Å². The third kappa shape index (κ3) is 3.33. The lowest BCUT2D eigenvalue weighted by Crippen LogP contribution is -2.06. The van der Waals surface area contributed by atoms with Crippen LogP contribution < -0.4 is 4.74 Å². The second kappa shape index (κ2) is 6.29. The molecule has 0 aliphatic heterocycles. The highest BCUT2D eigenvalue weighted by Crippen LogP contribution is 2.29. The van der Waals surface area contributed by atoms with Crippen molar-refractivity contribution in [3.63, 3.8) is 0 Å². The van der Waals surface area contributed by atoms with Gasteiger partial charge in [0.15, 0.2) is 0 Å². The van der Waals surface area contributed by atoms with Gasteiger partial charge in [-0.25, -0.2) is 0 Å². The largest absolute Gasteiger partial charge is 0.486 e. The minimum Gasteiger partial charge on any atom is -0.486 e. The fraction of sp³-hybridized carbons (Fsp3) is 0.308. The van der Waals surface area contributed by atoms with E-state index in [1.54, 1.807) is 6.07 Å². The van der Waals surface area contributed by atoms with Crippen molar-refractivity contribution in [3.8, 4) is 5.75 Å². The third-order valence-corrected chi connectivity index (χ3v) is 4.60. The summed E-state index contributed by atoms with van der Waals surface area (Å²) in [7, 11) is 0. The average Bonchev–Trinajstić information content (AvgIpc) is 2.65. The summed E-state index contributed by atoms with van der Waals surface area (Å²) in [6.45, 7) is 5.29. The molecule has 0 bridgehead atoms. The molecular weight excluding hydrogens is 395 g/mol. The van der Waals surface area contributed by atoms with Crippen LogP contribution in [-0.4, -0.2) is 9.78 Å². The molecule has 0 fully saturated rings. The summed E-state index contributed by atoms with van der Waals surface area (Å²) in [5.74, 6) is 0.762. The first-order chi connectivity index (χ1) is 9.02. The Morgan fingerprint density at radius 1 is 1.37 bits per heavy atom. The molecule has 1 heterocycles. The minimum absolute atomic E-state index is 0.454. The quantitative estimate of drug-likeness (QED) is 0.714. The van der Waals surface area contributed by atoms with Gasteiger partial charge in [-0.1, -0.05) is 11.6 Å². The molecule has 0 atom stereocenters. The Morgan fingerprint density at radius 3 is 2.74 bits per heavy atom. The number of benzene rings is 1. The van der Waals surface area contributed by atoms with E-state index in [2.05, 4.69) is 43.9 Å². The Balaban J connectivity index is 2.18. The van der Waals surface area contributed by atoms with Crippen molar-refractivity contribution in [2.24, 2.45) is 0 Å². The number of nitrogens with zero attached hydrogens (tertiary/aromatic N) is 2. The number of ether oxygens (including phenoxy) is 1. The maximum absolute atomic E-state index is 5.90. The van der Waals surface area contributed by atoms with Gasteiger partial charge in [-0.2, -0.15) is 5.10 Å². The molecule has 0 aliphatic carbocycles. The molecule has 102 valence electrons. The van der Waals surface area contributed by atoms with Crippen LogP contribution in [0.5, 0.6) is 5.75 Å². The van der Waals surface area contributed by atoms with E-state index >= 15 is 0 Å². The highest BCUT2D eigenvalue weighted by molar-refractivity contribution is 9.10. The van der Waals surface area contributed by atoms with E-state index in [-0.39, 0.29) is 0 Å². The zero-order valence-electron chi connectivity index (χ0n) is 10.6. The second-order valence-corrected chi connectivity index (χ2v) is 6.11. The number of aryl methyl sites for hydroxylation is 2. The number of hydrogen-bond donors (Lipinski definition) is 0. The van der Waals surface area contributed by atoms with Crippen LogP contribution in [0.1, 0.15) is 18.3 Å². The SMILES string of the molecule is CCn1nc(C)c(Br)c1COc1ccc(Cl)cc1Br. The van der Waals surface area contributed by atoms with Crippen LogP contribution in [0.3, 0.4) is 0 Å². The Kier molecular flexibility index (Phi) is 4.92. The van der Waals surface area contributed by atoms with E-state index in [4.69, 9.17) is 16.3 Å². The van der Waals surface area contributed by atoms with Crippen molar-refractivity contribution < 1.29 is 4.74 Å².